The van der Waals surface area contributed by atoms with Gasteiger partial charge in [0.2, 0.25) is 0 Å². The molecule has 2 atom stereocenters. The van der Waals surface area contributed by atoms with Crippen molar-refractivity contribution in [2.75, 3.05) is 0 Å². The molecule has 1 aliphatic rings. The molecule has 0 bridgehead atoms. The zero-order chi connectivity index (χ0) is 10.8. The molecule has 0 saturated heterocycles. The van der Waals surface area contributed by atoms with Gasteiger partial charge in [0, 0.05) is 17.5 Å². The lowest BCUT2D eigenvalue weighted by Gasteiger charge is -2.42. The van der Waals surface area contributed by atoms with Gasteiger partial charge in [-0.2, -0.15) is 0 Å². The molecule has 1 rings (SSSR count). The topological polar surface area (TPSA) is 89.3 Å². The number of aliphatic carboxylic acids is 1. The van der Waals surface area contributed by atoms with Gasteiger partial charge in [-0.05, 0) is 39.0 Å². The van der Waals surface area contributed by atoms with Crippen LogP contribution in [0.2, 0.25) is 0 Å². The molecule has 0 heterocycles. The number of carboxylic acid groups (broad SMARTS) is 1. The standard InChI is InChI=1S/C10H20N2O2/c1-9(11)4-2-5-10(12,7-9)6-3-8(13)14/h2-7,11-12H2,1H3,(H,13,14). The highest BCUT2D eigenvalue weighted by atomic mass is 16.4. The summed E-state index contributed by atoms with van der Waals surface area (Å²) < 4.78 is 0. The number of hydrogen-bond acceptors (Lipinski definition) is 3. The van der Waals surface area contributed by atoms with Crippen LogP contribution in [-0.2, 0) is 4.79 Å². The minimum atomic E-state index is -0.779. The average molecular weight is 200 g/mol. The Morgan fingerprint density at radius 2 is 2.07 bits per heavy atom. The van der Waals surface area contributed by atoms with Crippen molar-refractivity contribution in [2.24, 2.45) is 11.5 Å². The molecule has 0 aromatic carbocycles. The highest BCUT2D eigenvalue weighted by Gasteiger charge is 2.37. The second-order valence-electron chi connectivity index (χ2n) is 4.94. The molecular weight excluding hydrogens is 180 g/mol. The van der Waals surface area contributed by atoms with Crippen molar-refractivity contribution in [1.29, 1.82) is 0 Å². The van der Waals surface area contributed by atoms with Crippen molar-refractivity contribution < 1.29 is 9.90 Å². The zero-order valence-corrected chi connectivity index (χ0v) is 8.75. The summed E-state index contributed by atoms with van der Waals surface area (Å²) in [6.07, 6.45) is 4.30. The van der Waals surface area contributed by atoms with Gasteiger partial charge in [0.05, 0.1) is 0 Å². The third-order valence-corrected chi connectivity index (χ3v) is 3.02. The Morgan fingerprint density at radius 1 is 1.43 bits per heavy atom. The molecule has 0 radical (unpaired) electrons. The minimum absolute atomic E-state index is 0.145. The second kappa shape index (κ2) is 3.87. The Bertz CT molecular complexity index is 228. The van der Waals surface area contributed by atoms with Crippen molar-refractivity contribution >= 4 is 5.97 Å². The van der Waals surface area contributed by atoms with Crippen LogP contribution in [0.15, 0.2) is 0 Å². The van der Waals surface area contributed by atoms with E-state index in [1.165, 1.54) is 0 Å². The van der Waals surface area contributed by atoms with Crippen molar-refractivity contribution in [1.82, 2.24) is 0 Å². The van der Waals surface area contributed by atoms with Crippen LogP contribution in [0.25, 0.3) is 0 Å². The molecule has 4 heteroatoms. The summed E-state index contributed by atoms with van der Waals surface area (Å²) in [5.41, 5.74) is 11.6. The van der Waals surface area contributed by atoms with Gasteiger partial charge in [-0.3, -0.25) is 4.79 Å². The Labute approximate surface area is 84.7 Å². The summed E-state index contributed by atoms with van der Waals surface area (Å²) in [4.78, 5) is 10.5. The van der Waals surface area contributed by atoms with Gasteiger partial charge in [0.25, 0.3) is 0 Å². The smallest absolute Gasteiger partial charge is 0.303 e. The van der Waals surface area contributed by atoms with Crippen LogP contribution in [0.4, 0.5) is 0 Å². The van der Waals surface area contributed by atoms with E-state index in [0.717, 1.165) is 25.7 Å². The van der Waals surface area contributed by atoms with Gasteiger partial charge in [-0.1, -0.05) is 0 Å². The molecule has 14 heavy (non-hydrogen) atoms. The Balaban J connectivity index is 2.51. The van der Waals surface area contributed by atoms with Crippen molar-refractivity contribution in [3.63, 3.8) is 0 Å². The van der Waals surface area contributed by atoms with E-state index in [1.807, 2.05) is 6.92 Å². The van der Waals surface area contributed by atoms with Crippen molar-refractivity contribution in [3.05, 3.63) is 0 Å². The third kappa shape index (κ3) is 3.27. The van der Waals surface area contributed by atoms with E-state index in [1.54, 1.807) is 0 Å². The SMILES string of the molecule is CC1(N)CCCC(N)(CCC(=O)O)C1. The van der Waals surface area contributed by atoms with Gasteiger partial charge in [0.1, 0.15) is 0 Å². The van der Waals surface area contributed by atoms with Gasteiger partial charge < -0.3 is 16.6 Å². The summed E-state index contributed by atoms with van der Waals surface area (Å²) in [6, 6.07) is 0. The molecule has 82 valence electrons. The van der Waals surface area contributed by atoms with Crippen LogP contribution < -0.4 is 11.5 Å². The summed E-state index contributed by atoms with van der Waals surface area (Å²) in [6.45, 7) is 1.99. The first-order valence-corrected chi connectivity index (χ1v) is 5.13. The maximum absolute atomic E-state index is 10.5. The molecule has 1 saturated carbocycles. The van der Waals surface area contributed by atoms with Crippen LogP contribution in [0, 0.1) is 0 Å². The number of carboxylic acids is 1. The Hall–Kier alpha value is -0.610. The number of carbonyl (C=O) groups is 1. The van der Waals surface area contributed by atoms with Crippen LogP contribution >= 0.6 is 0 Å². The third-order valence-electron chi connectivity index (χ3n) is 3.02. The van der Waals surface area contributed by atoms with E-state index >= 15 is 0 Å². The molecule has 2 unspecified atom stereocenters. The summed E-state index contributed by atoms with van der Waals surface area (Å²) >= 11 is 0. The van der Waals surface area contributed by atoms with Gasteiger partial charge in [-0.15, -0.1) is 0 Å². The number of hydrogen-bond donors (Lipinski definition) is 3. The average Bonchev–Trinajstić information content (AvgIpc) is 1.98. The first-order valence-electron chi connectivity index (χ1n) is 5.13. The van der Waals surface area contributed by atoms with E-state index < -0.39 is 5.97 Å². The lowest BCUT2D eigenvalue weighted by atomic mass is 9.71. The fraction of sp³-hybridized carbons (Fsp3) is 0.900. The van der Waals surface area contributed by atoms with E-state index in [9.17, 15) is 4.79 Å². The van der Waals surface area contributed by atoms with Gasteiger partial charge in [0.15, 0.2) is 0 Å². The van der Waals surface area contributed by atoms with E-state index in [0.29, 0.717) is 6.42 Å². The second-order valence-corrected chi connectivity index (χ2v) is 4.94. The lowest BCUT2D eigenvalue weighted by Crippen LogP contribution is -2.54. The molecular formula is C10H20N2O2. The van der Waals surface area contributed by atoms with Gasteiger partial charge >= 0.3 is 5.97 Å². The fourth-order valence-electron chi connectivity index (χ4n) is 2.39. The summed E-state index contributed by atoms with van der Waals surface area (Å²) in [5.74, 6) is -0.779. The molecule has 0 amide bonds. The largest absolute Gasteiger partial charge is 0.481 e. The molecule has 0 aliphatic heterocycles. The highest BCUT2D eigenvalue weighted by Crippen LogP contribution is 2.34. The molecule has 0 spiro atoms. The monoisotopic (exact) mass is 200 g/mol. The Morgan fingerprint density at radius 3 is 2.57 bits per heavy atom. The number of nitrogens with two attached hydrogens (primary N) is 2. The summed E-state index contributed by atoms with van der Waals surface area (Å²) in [7, 11) is 0. The molecule has 0 aromatic rings. The van der Waals surface area contributed by atoms with Crippen LogP contribution in [0.1, 0.15) is 45.4 Å². The zero-order valence-electron chi connectivity index (χ0n) is 8.75. The van der Waals surface area contributed by atoms with Gasteiger partial charge in [-0.25, -0.2) is 0 Å². The first-order chi connectivity index (χ1) is 6.33. The molecule has 5 N–H and O–H groups in total. The van der Waals surface area contributed by atoms with E-state index in [4.69, 9.17) is 16.6 Å². The van der Waals surface area contributed by atoms with Crippen LogP contribution in [0.5, 0.6) is 0 Å². The van der Waals surface area contributed by atoms with Crippen LogP contribution in [-0.4, -0.2) is 22.2 Å². The lowest BCUT2D eigenvalue weighted by molar-refractivity contribution is -0.137. The predicted molar refractivity (Wildman–Crippen MR) is 54.8 cm³/mol. The molecule has 4 nitrogen and oxygen atoms in total. The highest BCUT2D eigenvalue weighted by molar-refractivity contribution is 5.66. The quantitative estimate of drug-likeness (QED) is 0.629. The predicted octanol–water partition coefficient (Wildman–Crippen LogP) is 0.840. The molecule has 0 aromatic heterocycles. The van der Waals surface area contributed by atoms with E-state index in [-0.39, 0.29) is 17.5 Å². The fourth-order valence-corrected chi connectivity index (χ4v) is 2.39. The normalized spacial score (nSPS) is 38.2. The van der Waals surface area contributed by atoms with Crippen LogP contribution in [0.3, 0.4) is 0 Å². The Kier molecular flexibility index (Phi) is 3.17. The van der Waals surface area contributed by atoms with E-state index in [2.05, 4.69) is 0 Å². The maximum Gasteiger partial charge on any atom is 0.303 e. The minimum Gasteiger partial charge on any atom is -0.481 e. The number of rotatable bonds is 3. The first kappa shape index (κ1) is 11.5. The molecule has 1 aliphatic carbocycles. The van der Waals surface area contributed by atoms with Crippen molar-refractivity contribution in [2.45, 2.75) is 56.5 Å². The maximum atomic E-state index is 10.5. The summed E-state index contributed by atoms with van der Waals surface area (Å²) in [5, 5.41) is 8.60. The molecule has 1 fully saturated rings. The van der Waals surface area contributed by atoms with Crippen molar-refractivity contribution in [3.8, 4) is 0 Å².